The summed E-state index contributed by atoms with van der Waals surface area (Å²) < 4.78 is 0. The van der Waals surface area contributed by atoms with Gasteiger partial charge >= 0.3 is 5.69 Å². The molecule has 1 heterocycles. The third-order valence-corrected chi connectivity index (χ3v) is 3.69. The Labute approximate surface area is 104 Å². The molecular weight excluding hydrogens is 228 g/mol. The predicted molar refractivity (Wildman–Crippen MR) is 69.3 cm³/mol. The minimum absolute atomic E-state index is 0.194. The molecule has 0 unspecified atom stereocenters. The average molecular weight is 242 g/mol. The zero-order chi connectivity index (χ0) is 12.6. The smallest absolute Gasteiger partial charge is 0.323 e. The Hall–Kier alpha value is -2.22. The summed E-state index contributed by atoms with van der Waals surface area (Å²) in [6.07, 6.45) is 3.08. The monoisotopic (exact) mass is 242 g/mol. The van der Waals surface area contributed by atoms with Crippen molar-refractivity contribution in [1.82, 2.24) is 9.97 Å². The fourth-order valence-corrected chi connectivity index (χ4v) is 2.35. The van der Waals surface area contributed by atoms with E-state index >= 15 is 0 Å². The molecule has 0 radical (unpaired) electrons. The summed E-state index contributed by atoms with van der Waals surface area (Å²) in [7, 11) is 0. The quantitative estimate of drug-likeness (QED) is 0.769. The maximum absolute atomic E-state index is 11.1. The third-order valence-electron chi connectivity index (χ3n) is 3.69. The number of aromatic amines is 2. The van der Waals surface area contributed by atoms with E-state index in [4.69, 9.17) is 5.26 Å². The molecule has 0 saturated heterocycles. The van der Waals surface area contributed by atoms with Crippen LogP contribution in [0.5, 0.6) is 0 Å². The van der Waals surface area contributed by atoms with Crippen LogP contribution in [-0.2, 0) is 0 Å². The maximum Gasteiger partial charge on any atom is 0.323 e. The molecule has 18 heavy (non-hydrogen) atoms. The minimum Gasteiger partial charge on any atom is -0.383 e. The zero-order valence-electron chi connectivity index (χ0n) is 9.92. The van der Waals surface area contributed by atoms with Gasteiger partial charge in [-0.25, -0.2) is 4.79 Å². The van der Waals surface area contributed by atoms with Crippen LogP contribution in [0.1, 0.15) is 19.3 Å². The molecule has 1 aromatic heterocycles. The van der Waals surface area contributed by atoms with Crippen LogP contribution in [0.25, 0.3) is 11.0 Å². The Morgan fingerprint density at radius 2 is 2.11 bits per heavy atom. The highest BCUT2D eigenvalue weighted by Gasteiger charge is 2.36. The maximum atomic E-state index is 11.1. The highest BCUT2D eigenvalue weighted by Crippen LogP contribution is 2.40. The standard InChI is InChI=1S/C13H14N4O/c14-7-13(4-1-5-13)8-15-9-2-3-10-11(6-9)17-12(18)16-10/h2-3,6,15H,1,4-5,8H2,(H2,16,17,18). The summed E-state index contributed by atoms with van der Waals surface area (Å²) in [5.41, 5.74) is 2.11. The second-order valence-electron chi connectivity index (χ2n) is 4.94. The van der Waals surface area contributed by atoms with Crippen molar-refractivity contribution in [2.24, 2.45) is 5.41 Å². The highest BCUT2D eigenvalue weighted by molar-refractivity contribution is 5.78. The van der Waals surface area contributed by atoms with Gasteiger partial charge in [0.1, 0.15) is 0 Å². The van der Waals surface area contributed by atoms with Gasteiger partial charge < -0.3 is 15.3 Å². The lowest BCUT2D eigenvalue weighted by atomic mass is 9.70. The number of hydrogen-bond acceptors (Lipinski definition) is 3. The summed E-state index contributed by atoms with van der Waals surface area (Å²) in [4.78, 5) is 16.6. The fourth-order valence-electron chi connectivity index (χ4n) is 2.35. The summed E-state index contributed by atoms with van der Waals surface area (Å²) in [5.74, 6) is 0. The first-order valence-corrected chi connectivity index (χ1v) is 6.08. The molecule has 0 aliphatic heterocycles. The summed E-state index contributed by atoms with van der Waals surface area (Å²) in [6, 6.07) is 8.05. The lowest BCUT2D eigenvalue weighted by molar-refractivity contribution is 0.233. The molecule has 1 aliphatic rings. The second-order valence-corrected chi connectivity index (χ2v) is 4.94. The van der Waals surface area contributed by atoms with E-state index in [9.17, 15) is 4.79 Å². The number of fused-ring (bicyclic) bond motifs is 1. The van der Waals surface area contributed by atoms with Crippen LogP contribution in [-0.4, -0.2) is 16.5 Å². The number of rotatable bonds is 3. The Morgan fingerprint density at radius 3 is 2.78 bits per heavy atom. The lowest BCUT2D eigenvalue weighted by Gasteiger charge is -2.35. The Balaban J connectivity index is 1.78. The molecule has 3 rings (SSSR count). The number of benzene rings is 1. The van der Waals surface area contributed by atoms with E-state index in [0.29, 0.717) is 6.54 Å². The Kier molecular flexibility index (Phi) is 2.37. The van der Waals surface area contributed by atoms with Gasteiger partial charge in [-0.2, -0.15) is 5.26 Å². The molecule has 0 amide bonds. The average Bonchev–Trinajstić information content (AvgIpc) is 2.67. The summed E-state index contributed by atoms with van der Waals surface area (Å²) in [6.45, 7) is 0.670. The number of anilines is 1. The first-order valence-electron chi connectivity index (χ1n) is 6.08. The van der Waals surface area contributed by atoms with Crippen LogP contribution in [0.2, 0.25) is 0 Å². The molecule has 1 fully saturated rings. The van der Waals surface area contributed by atoms with Crippen LogP contribution < -0.4 is 11.0 Å². The third kappa shape index (κ3) is 1.76. The molecule has 1 saturated carbocycles. The minimum atomic E-state index is -0.199. The van der Waals surface area contributed by atoms with Crippen molar-refractivity contribution in [3.63, 3.8) is 0 Å². The van der Waals surface area contributed by atoms with Crippen molar-refractivity contribution in [1.29, 1.82) is 5.26 Å². The van der Waals surface area contributed by atoms with E-state index in [0.717, 1.165) is 36.0 Å². The van der Waals surface area contributed by atoms with E-state index in [-0.39, 0.29) is 11.1 Å². The zero-order valence-corrected chi connectivity index (χ0v) is 9.92. The molecule has 92 valence electrons. The van der Waals surface area contributed by atoms with Crippen LogP contribution >= 0.6 is 0 Å². The molecule has 0 spiro atoms. The van der Waals surface area contributed by atoms with Crippen molar-refractivity contribution in [3.05, 3.63) is 28.7 Å². The number of nitrogens with one attached hydrogen (secondary N) is 3. The van der Waals surface area contributed by atoms with Gasteiger partial charge in [0, 0.05) is 12.2 Å². The largest absolute Gasteiger partial charge is 0.383 e. The van der Waals surface area contributed by atoms with E-state index < -0.39 is 0 Å². The van der Waals surface area contributed by atoms with Gasteiger partial charge in [0.05, 0.1) is 22.5 Å². The van der Waals surface area contributed by atoms with Crippen molar-refractivity contribution in [3.8, 4) is 6.07 Å². The van der Waals surface area contributed by atoms with E-state index in [1.807, 2.05) is 18.2 Å². The number of imidazole rings is 1. The molecule has 3 N–H and O–H groups in total. The topological polar surface area (TPSA) is 84.5 Å². The number of hydrogen-bond donors (Lipinski definition) is 3. The molecule has 0 atom stereocenters. The number of aromatic nitrogens is 2. The summed E-state index contributed by atoms with van der Waals surface area (Å²) in [5, 5.41) is 12.4. The second kappa shape index (κ2) is 3.91. The Morgan fingerprint density at radius 1 is 1.33 bits per heavy atom. The molecule has 5 heteroatoms. The van der Waals surface area contributed by atoms with E-state index in [2.05, 4.69) is 21.4 Å². The lowest BCUT2D eigenvalue weighted by Crippen LogP contribution is -2.34. The molecule has 1 aliphatic carbocycles. The number of H-pyrrole nitrogens is 2. The van der Waals surface area contributed by atoms with Crippen LogP contribution in [0.4, 0.5) is 5.69 Å². The Bertz CT molecular complexity index is 672. The van der Waals surface area contributed by atoms with Crippen molar-refractivity contribution in [2.45, 2.75) is 19.3 Å². The van der Waals surface area contributed by atoms with E-state index in [1.165, 1.54) is 0 Å². The molecule has 1 aromatic carbocycles. The molecule has 5 nitrogen and oxygen atoms in total. The van der Waals surface area contributed by atoms with Crippen LogP contribution in [0.15, 0.2) is 23.0 Å². The van der Waals surface area contributed by atoms with Crippen LogP contribution in [0, 0.1) is 16.7 Å². The van der Waals surface area contributed by atoms with Gasteiger partial charge in [-0.1, -0.05) is 6.42 Å². The van der Waals surface area contributed by atoms with Gasteiger partial charge in [-0.3, -0.25) is 0 Å². The van der Waals surface area contributed by atoms with E-state index in [1.54, 1.807) is 0 Å². The number of nitriles is 1. The fraction of sp³-hybridized carbons (Fsp3) is 0.385. The SMILES string of the molecule is N#CC1(CNc2ccc3[nH]c(=O)[nH]c3c2)CCC1. The van der Waals surface area contributed by atoms with Crippen molar-refractivity contribution < 1.29 is 0 Å². The summed E-state index contributed by atoms with van der Waals surface area (Å²) >= 11 is 0. The van der Waals surface area contributed by atoms with Gasteiger partial charge in [-0.15, -0.1) is 0 Å². The predicted octanol–water partition coefficient (Wildman–Crippen LogP) is 1.96. The van der Waals surface area contributed by atoms with Gasteiger partial charge in [-0.05, 0) is 31.0 Å². The van der Waals surface area contributed by atoms with Gasteiger partial charge in [0.25, 0.3) is 0 Å². The first-order chi connectivity index (χ1) is 8.71. The molecular formula is C13H14N4O. The normalized spacial score (nSPS) is 17.1. The van der Waals surface area contributed by atoms with Crippen LogP contribution in [0.3, 0.4) is 0 Å². The first kappa shape index (κ1) is 10.9. The van der Waals surface area contributed by atoms with Gasteiger partial charge in [0.15, 0.2) is 0 Å². The highest BCUT2D eigenvalue weighted by atomic mass is 16.1. The molecule has 2 aromatic rings. The van der Waals surface area contributed by atoms with Crippen molar-refractivity contribution >= 4 is 16.7 Å². The number of nitrogens with zero attached hydrogens (tertiary/aromatic N) is 1. The van der Waals surface area contributed by atoms with Gasteiger partial charge in [0.2, 0.25) is 0 Å². The molecule has 0 bridgehead atoms. The van der Waals surface area contributed by atoms with Crippen molar-refractivity contribution in [2.75, 3.05) is 11.9 Å².